The molecular weight excluding hydrogens is 270 g/mol. The molecule has 2 aromatic rings. The zero-order chi connectivity index (χ0) is 15.4. The minimum atomic E-state index is -1.29. The van der Waals surface area contributed by atoms with E-state index in [0.717, 1.165) is 5.56 Å². The Bertz CT molecular complexity index is 671. The van der Waals surface area contributed by atoms with Crippen molar-refractivity contribution in [3.05, 3.63) is 59.2 Å². The minimum Gasteiger partial charge on any atom is -0.475 e. The van der Waals surface area contributed by atoms with E-state index in [1.807, 2.05) is 37.3 Å². The molecule has 0 aliphatic carbocycles. The number of carbonyl (C=O) groups is 2. The molecule has 0 bridgehead atoms. The summed E-state index contributed by atoms with van der Waals surface area (Å²) in [6, 6.07) is 9.56. The van der Waals surface area contributed by atoms with Gasteiger partial charge in [-0.05, 0) is 12.0 Å². The van der Waals surface area contributed by atoms with Crippen LogP contribution in [0.1, 0.15) is 51.5 Å². The molecule has 1 amide bonds. The van der Waals surface area contributed by atoms with Gasteiger partial charge in [-0.15, -0.1) is 0 Å². The normalized spacial score (nSPS) is 11.9. The fourth-order valence-electron chi connectivity index (χ4n) is 2.27. The zero-order valence-electron chi connectivity index (χ0n) is 11.5. The van der Waals surface area contributed by atoms with Crippen LogP contribution >= 0.6 is 0 Å². The van der Waals surface area contributed by atoms with E-state index in [1.165, 1.54) is 6.20 Å². The number of carbonyl (C=O) groups excluding carboxylic acids is 1. The maximum absolute atomic E-state index is 11.6. The van der Waals surface area contributed by atoms with Crippen molar-refractivity contribution in [1.29, 1.82) is 0 Å². The van der Waals surface area contributed by atoms with Crippen LogP contribution < -0.4 is 5.73 Å². The third-order valence-electron chi connectivity index (χ3n) is 3.23. The fourth-order valence-corrected chi connectivity index (χ4v) is 2.27. The highest BCUT2D eigenvalue weighted by Gasteiger charge is 2.22. The van der Waals surface area contributed by atoms with Gasteiger partial charge in [-0.2, -0.15) is 0 Å². The molecule has 1 aromatic carbocycles. The van der Waals surface area contributed by atoms with Crippen LogP contribution in [-0.4, -0.2) is 27.0 Å². The van der Waals surface area contributed by atoms with Gasteiger partial charge in [0.05, 0.1) is 0 Å². The van der Waals surface area contributed by atoms with Crippen LogP contribution in [0.15, 0.2) is 36.5 Å². The Kier molecular flexibility index (Phi) is 4.27. The summed E-state index contributed by atoms with van der Waals surface area (Å²) in [4.78, 5) is 30.1. The van der Waals surface area contributed by atoms with Crippen molar-refractivity contribution in [1.82, 2.24) is 9.97 Å². The van der Waals surface area contributed by atoms with Gasteiger partial charge in [-0.1, -0.05) is 37.3 Å². The number of nitrogens with two attached hydrogens (primary N) is 1. The number of amides is 1. The molecule has 2 rings (SSSR count). The zero-order valence-corrected chi connectivity index (χ0v) is 11.5. The SMILES string of the molecule is CCC(c1ccccc1)c1cnc(C(=O)O)nc1C(N)=O. The van der Waals surface area contributed by atoms with Gasteiger partial charge in [0.1, 0.15) is 5.69 Å². The van der Waals surface area contributed by atoms with Crippen molar-refractivity contribution in [3.8, 4) is 0 Å². The van der Waals surface area contributed by atoms with Crippen LogP contribution in [0.3, 0.4) is 0 Å². The van der Waals surface area contributed by atoms with Crippen molar-refractivity contribution in [2.45, 2.75) is 19.3 Å². The first kappa shape index (κ1) is 14.6. The Morgan fingerprint density at radius 3 is 2.48 bits per heavy atom. The summed E-state index contributed by atoms with van der Waals surface area (Å²) in [5.41, 5.74) is 6.83. The molecule has 1 heterocycles. The topological polar surface area (TPSA) is 106 Å². The predicted octanol–water partition coefficient (Wildman–Crippen LogP) is 1.82. The molecule has 0 aliphatic heterocycles. The largest absolute Gasteiger partial charge is 0.475 e. The second-order valence-corrected chi connectivity index (χ2v) is 4.54. The highest BCUT2D eigenvalue weighted by Crippen LogP contribution is 2.29. The van der Waals surface area contributed by atoms with Gasteiger partial charge in [0.15, 0.2) is 0 Å². The Morgan fingerprint density at radius 2 is 1.95 bits per heavy atom. The smallest absolute Gasteiger partial charge is 0.373 e. The summed E-state index contributed by atoms with van der Waals surface area (Å²) >= 11 is 0. The molecule has 21 heavy (non-hydrogen) atoms. The van der Waals surface area contributed by atoms with Gasteiger partial charge in [0.2, 0.25) is 5.82 Å². The van der Waals surface area contributed by atoms with E-state index >= 15 is 0 Å². The molecular formula is C15H15N3O3. The van der Waals surface area contributed by atoms with E-state index in [1.54, 1.807) is 0 Å². The lowest BCUT2D eigenvalue weighted by atomic mass is 9.89. The quantitative estimate of drug-likeness (QED) is 0.871. The first-order chi connectivity index (χ1) is 10.0. The highest BCUT2D eigenvalue weighted by molar-refractivity contribution is 5.94. The first-order valence-corrected chi connectivity index (χ1v) is 6.49. The number of aromatic nitrogens is 2. The van der Waals surface area contributed by atoms with Crippen LogP contribution in [-0.2, 0) is 0 Å². The Morgan fingerprint density at radius 1 is 1.29 bits per heavy atom. The molecule has 0 saturated heterocycles. The van der Waals surface area contributed by atoms with Crippen LogP contribution in [0.5, 0.6) is 0 Å². The predicted molar refractivity (Wildman–Crippen MR) is 76.1 cm³/mol. The highest BCUT2D eigenvalue weighted by atomic mass is 16.4. The molecule has 0 saturated carbocycles. The van der Waals surface area contributed by atoms with Gasteiger partial charge < -0.3 is 10.8 Å². The standard InChI is InChI=1S/C15H15N3O3/c1-2-10(9-6-4-3-5-7-9)11-8-17-14(15(20)21)18-12(11)13(16)19/h3-8,10H,2H2,1H3,(H2,16,19)(H,20,21). The van der Waals surface area contributed by atoms with Crippen LogP contribution in [0, 0.1) is 0 Å². The molecule has 1 unspecified atom stereocenters. The van der Waals surface area contributed by atoms with Crippen LogP contribution in [0.4, 0.5) is 0 Å². The maximum Gasteiger partial charge on any atom is 0.373 e. The van der Waals surface area contributed by atoms with Gasteiger partial charge in [0.25, 0.3) is 5.91 Å². The number of aromatic carboxylic acids is 1. The lowest BCUT2D eigenvalue weighted by Crippen LogP contribution is -2.21. The molecule has 1 atom stereocenters. The first-order valence-electron chi connectivity index (χ1n) is 6.49. The maximum atomic E-state index is 11.6. The molecule has 3 N–H and O–H groups in total. The summed E-state index contributed by atoms with van der Waals surface area (Å²) < 4.78 is 0. The number of carboxylic acid groups (broad SMARTS) is 1. The van der Waals surface area contributed by atoms with E-state index in [2.05, 4.69) is 9.97 Å². The van der Waals surface area contributed by atoms with Gasteiger partial charge >= 0.3 is 5.97 Å². The van der Waals surface area contributed by atoms with Gasteiger partial charge in [0, 0.05) is 17.7 Å². The number of hydrogen-bond donors (Lipinski definition) is 2. The second-order valence-electron chi connectivity index (χ2n) is 4.54. The van der Waals surface area contributed by atoms with Crippen molar-refractivity contribution in [3.63, 3.8) is 0 Å². The number of carboxylic acids is 1. The fraction of sp³-hybridized carbons (Fsp3) is 0.200. The summed E-state index contributed by atoms with van der Waals surface area (Å²) in [5.74, 6) is -2.60. The number of nitrogens with zero attached hydrogens (tertiary/aromatic N) is 2. The molecule has 0 fully saturated rings. The number of hydrogen-bond acceptors (Lipinski definition) is 4. The van der Waals surface area contributed by atoms with Crippen molar-refractivity contribution in [2.75, 3.05) is 0 Å². The molecule has 6 heteroatoms. The van der Waals surface area contributed by atoms with Crippen molar-refractivity contribution < 1.29 is 14.7 Å². The average molecular weight is 285 g/mol. The van der Waals surface area contributed by atoms with Crippen LogP contribution in [0.25, 0.3) is 0 Å². The molecule has 108 valence electrons. The second kappa shape index (κ2) is 6.13. The Hall–Kier alpha value is -2.76. The lowest BCUT2D eigenvalue weighted by molar-refractivity contribution is 0.0683. The molecule has 0 radical (unpaired) electrons. The molecule has 6 nitrogen and oxygen atoms in total. The average Bonchev–Trinajstić information content (AvgIpc) is 2.49. The lowest BCUT2D eigenvalue weighted by Gasteiger charge is -2.17. The van der Waals surface area contributed by atoms with Gasteiger partial charge in [-0.25, -0.2) is 14.8 Å². The monoisotopic (exact) mass is 285 g/mol. The number of rotatable bonds is 5. The summed E-state index contributed by atoms with van der Waals surface area (Å²) in [6.45, 7) is 1.97. The molecule has 1 aromatic heterocycles. The number of primary amides is 1. The van der Waals surface area contributed by atoms with E-state index < -0.39 is 17.7 Å². The Labute approximate surface area is 121 Å². The molecule has 0 aliphatic rings. The van der Waals surface area contributed by atoms with Gasteiger partial charge in [-0.3, -0.25) is 4.79 Å². The van der Waals surface area contributed by atoms with Crippen molar-refractivity contribution >= 4 is 11.9 Å². The molecule has 0 spiro atoms. The summed E-state index contributed by atoms with van der Waals surface area (Å²) in [6.07, 6.45) is 2.08. The van der Waals surface area contributed by atoms with E-state index in [9.17, 15) is 9.59 Å². The van der Waals surface area contributed by atoms with E-state index in [-0.39, 0.29) is 11.6 Å². The van der Waals surface area contributed by atoms with Crippen molar-refractivity contribution in [2.24, 2.45) is 5.73 Å². The van der Waals surface area contributed by atoms with Crippen LogP contribution in [0.2, 0.25) is 0 Å². The number of benzene rings is 1. The summed E-state index contributed by atoms with van der Waals surface area (Å²) in [7, 11) is 0. The van der Waals surface area contributed by atoms with E-state index in [0.29, 0.717) is 12.0 Å². The third kappa shape index (κ3) is 3.05. The summed E-state index contributed by atoms with van der Waals surface area (Å²) in [5, 5.41) is 8.92. The minimum absolute atomic E-state index is 0.0434. The third-order valence-corrected chi connectivity index (χ3v) is 3.23. The van der Waals surface area contributed by atoms with E-state index in [4.69, 9.17) is 10.8 Å². The Balaban J connectivity index is 2.56.